The summed E-state index contributed by atoms with van der Waals surface area (Å²) >= 11 is 0. The third-order valence-corrected chi connectivity index (χ3v) is 3.72. The summed E-state index contributed by atoms with van der Waals surface area (Å²) in [5, 5.41) is 13.0. The third-order valence-electron chi connectivity index (χ3n) is 3.72. The fourth-order valence-electron chi connectivity index (χ4n) is 2.33. The van der Waals surface area contributed by atoms with E-state index in [1.165, 1.54) is 13.2 Å². The van der Waals surface area contributed by atoms with Gasteiger partial charge in [-0.15, -0.1) is 0 Å². The number of nitrogens with one attached hydrogen (secondary N) is 1. The number of methoxy groups -OCH3 is 1. The van der Waals surface area contributed by atoms with Crippen LogP contribution >= 0.6 is 0 Å². The average molecular weight is 337 g/mol. The molecular formula is C21H23NO3. The first-order valence-electron chi connectivity index (χ1n) is 8.10. The quantitative estimate of drug-likeness (QED) is 0.603. The molecular weight excluding hydrogens is 314 g/mol. The van der Waals surface area contributed by atoms with Crippen molar-refractivity contribution < 1.29 is 14.6 Å². The molecule has 0 bridgehead atoms. The van der Waals surface area contributed by atoms with Crippen LogP contribution in [0.2, 0.25) is 0 Å². The van der Waals surface area contributed by atoms with Gasteiger partial charge in [-0.2, -0.15) is 0 Å². The van der Waals surface area contributed by atoms with Gasteiger partial charge >= 0.3 is 0 Å². The maximum Gasteiger partial charge on any atom is 0.248 e. The Bertz CT molecular complexity index is 790. The van der Waals surface area contributed by atoms with Gasteiger partial charge in [0.25, 0.3) is 0 Å². The fourth-order valence-corrected chi connectivity index (χ4v) is 2.33. The normalized spacial score (nSPS) is 11.2. The second-order valence-corrected chi connectivity index (χ2v) is 5.69. The van der Waals surface area contributed by atoms with Crippen molar-refractivity contribution in [2.75, 3.05) is 12.4 Å². The summed E-state index contributed by atoms with van der Waals surface area (Å²) in [6, 6.07) is 11.1. The molecule has 0 unspecified atom stereocenters. The van der Waals surface area contributed by atoms with Gasteiger partial charge in [-0.1, -0.05) is 29.8 Å². The molecule has 0 aliphatic rings. The van der Waals surface area contributed by atoms with Crippen LogP contribution in [-0.2, 0) is 11.2 Å². The van der Waals surface area contributed by atoms with Crippen molar-refractivity contribution in [3.05, 3.63) is 71.3 Å². The molecule has 0 aliphatic heterocycles. The number of rotatable bonds is 6. The predicted octanol–water partition coefficient (Wildman–Crippen LogP) is 4.48. The number of aryl methyl sites for hydroxylation is 1. The van der Waals surface area contributed by atoms with Crippen molar-refractivity contribution in [2.24, 2.45) is 0 Å². The number of hydrogen-bond donors (Lipinski definition) is 2. The lowest BCUT2D eigenvalue weighted by Crippen LogP contribution is -2.07. The summed E-state index contributed by atoms with van der Waals surface area (Å²) < 4.78 is 5.21. The SMILES string of the molecule is C/C=C/Cc1cc(/C=C/C(=O)Nc2ccc(C)cc2)cc(OC)c1O. The maximum atomic E-state index is 12.1. The highest BCUT2D eigenvalue weighted by Gasteiger charge is 2.09. The van der Waals surface area contributed by atoms with Crippen LogP contribution in [0.4, 0.5) is 5.69 Å². The van der Waals surface area contributed by atoms with Gasteiger partial charge in [0.15, 0.2) is 11.5 Å². The predicted molar refractivity (Wildman–Crippen MR) is 102 cm³/mol. The number of aromatic hydroxyl groups is 1. The summed E-state index contributed by atoms with van der Waals surface area (Å²) in [5.74, 6) is 0.299. The van der Waals surface area contributed by atoms with E-state index in [1.54, 1.807) is 12.1 Å². The van der Waals surface area contributed by atoms with Gasteiger partial charge < -0.3 is 15.2 Å². The van der Waals surface area contributed by atoms with Gasteiger partial charge in [0.2, 0.25) is 5.91 Å². The number of anilines is 1. The van der Waals surface area contributed by atoms with Gasteiger partial charge in [0.1, 0.15) is 0 Å². The molecule has 0 atom stereocenters. The Morgan fingerprint density at radius 1 is 1.24 bits per heavy atom. The molecule has 130 valence electrons. The van der Waals surface area contributed by atoms with Crippen molar-refractivity contribution in [3.8, 4) is 11.5 Å². The van der Waals surface area contributed by atoms with Crippen molar-refractivity contribution in [1.29, 1.82) is 0 Å². The zero-order valence-electron chi connectivity index (χ0n) is 14.7. The molecule has 0 saturated carbocycles. The summed E-state index contributed by atoms with van der Waals surface area (Å²) in [5.41, 5.74) is 3.42. The first kappa shape index (κ1) is 18.3. The van der Waals surface area contributed by atoms with E-state index < -0.39 is 0 Å². The Hall–Kier alpha value is -3.01. The number of carbonyl (C=O) groups is 1. The number of carbonyl (C=O) groups excluding carboxylic acids is 1. The minimum Gasteiger partial charge on any atom is -0.504 e. The van der Waals surface area contributed by atoms with Crippen LogP contribution in [0.1, 0.15) is 23.6 Å². The van der Waals surface area contributed by atoms with Crippen molar-refractivity contribution in [2.45, 2.75) is 20.3 Å². The lowest BCUT2D eigenvalue weighted by Gasteiger charge is -2.09. The molecule has 0 aromatic heterocycles. The van der Waals surface area contributed by atoms with Crippen molar-refractivity contribution in [1.82, 2.24) is 0 Å². The monoisotopic (exact) mass is 337 g/mol. The van der Waals surface area contributed by atoms with E-state index in [1.807, 2.05) is 56.3 Å². The Morgan fingerprint density at radius 2 is 1.96 bits per heavy atom. The van der Waals surface area contributed by atoms with Crippen LogP contribution in [0, 0.1) is 6.92 Å². The first-order chi connectivity index (χ1) is 12.0. The van der Waals surface area contributed by atoms with E-state index in [-0.39, 0.29) is 11.7 Å². The van der Waals surface area contributed by atoms with Crippen LogP contribution in [0.25, 0.3) is 6.08 Å². The van der Waals surface area contributed by atoms with E-state index in [9.17, 15) is 9.90 Å². The van der Waals surface area contributed by atoms with Gasteiger partial charge in [0.05, 0.1) is 7.11 Å². The number of phenolic OH excluding ortho intramolecular Hbond substituents is 1. The van der Waals surface area contributed by atoms with Crippen molar-refractivity contribution in [3.63, 3.8) is 0 Å². The molecule has 25 heavy (non-hydrogen) atoms. The summed E-state index contributed by atoms with van der Waals surface area (Å²) in [6.07, 6.45) is 7.63. The number of phenols is 1. The van der Waals surface area contributed by atoms with Crippen LogP contribution in [0.15, 0.2) is 54.6 Å². The standard InChI is InChI=1S/C21H23NO3/c1-4-5-6-17-13-16(14-19(25-3)21(17)24)9-12-20(23)22-18-10-7-15(2)8-11-18/h4-5,7-14,24H,6H2,1-3H3,(H,22,23)/b5-4+,12-9+. The second kappa shape index (κ2) is 8.73. The minimum absolute atomic E-state index is 0.127. The zero-order chi connectivity index (χ0) is 18.2. The van der Waals surface area contributed by atoms with Crippen LogP contribution in [-0.4, -0.2) is 18.1 Å². The Kier molecular flexibility index (Phi) is 6.40. The van der Waals surface area contributed by atoms with Gasteiger partial charge in [-0.25, -0.2) is 0 Å². The first-order valence-corrected chi connectivity index (χ1v) is 8.10. The van der Waals surface area contributed by atoms with E-state index in [0.717, 1.165) is 22.4 Å². The topological polar surface area (TPSA) is 58.6 Å². The van der Waals surface area contributed by atoms with Crippen LogP contribution in [0.5, 0.6) is 11.5 Å². The molecule has 1 amide bonds. The van der Waals surface area contributed by atoms with E-state index in [2.05, 4.69) is 5.32 Å². The lowest BCUT2D eigenvalue weighted by molar-refractivity contribution is -0.111. The molecule has 4 heteroatoms. The fraction of sp³-hybridized carbons (Fsp3) is 0.190. The lowest BCUT2D eigenvalue weighted by atomic mass is 10.0. The largest absolute Gasteiger partial charge is 0.504 e. The van der Waals surface area contributed by atoms with Crippen LogP contribution < -0.4 is 10.1 Å². The molecule has 4 nitrogen and oxygen atoms in total. The molecule has 2 aromatic rings. The molecule has 0 heterocycles. The highest BCUT2D eigenvalue weighted by atomic mass is 16.5. The van der Waals surface area contributed by atoms with Crippen LogP contribution in [0.3, 0.4) is 0 Å². The minimum atomic E-state index is -0.217. The van der Waals surface area contributed by atoms with Crippen molar-refractivity contribution >= 4 is 17.7 Å². The van der Waals surface area contributed by atoms with E-state index in [0.29, 0.717) is 12.2 Å². The molecule has 0 saturated heterocycles. The number of amides is 1. The third kappa shape index (κ3) is 5.24. The number of hydrogen-bond acceptors (Lipinski definition) is 3. The highest BCUT2D eigenvalue weighted by molar-refractivity contribution is 6.02. The van der Waals surface area contributed by atoms with Gasteiger partial charge in [-0.3, -0.25) is 4.79 Å². The Morgan fingerprint density at radius 3 is 2.60 bits per heavy atom. The Labute approximate surface area is 148 Å². The summed E-state index contributed by atoms with van der Waals surface area (Å²) in [7, 11) is 1.51. The summed E-state index contributed by atoms with van der Waals surface area (Å²) in [6.45, 7) is 3.92. The molecule has 0 aliphatic carbocycles. The van der Waals surface area contributed by atoms with Gasteiger partial charge in [-0.05, 0) is 56.2 Å². The molecule has 0 spiro atoms. The maximum absolute atomic E-state index is 12.1. The Balaban J connectivity index is 2.15. The average Bonchev–Trinajstić information content (AvgIpc) is 2.61. The van der Waals surface area contributed by atoms with E-state index in [4.69, 9.17) is 4.74 Å². The van der Waals surface area contributed by atoms with Gasteiger partial charge in [0, 0.05) is 17.3 Å². The smallest absolute Gasteiger partial charge is 0.248 e. The molecule has 0 radical (unpaired) electrons. The number of ether oxygens (including phenoxy) is 1. The summed E-state index contributed by atoms with van der Waals surface area (Å²) in [4.78, 5) is 12.1. The molecule has 2 aromatic carbocycles. The van der Waals surface area contributed by atoms with E-state index >= 15 is 0 Å². The number of benzene rings is 2. The number of allylic oxidation sites excluding steroid dienone is 2. The zero-order valence-corrected chi connectivity index (χ0v) is 14.7. The molecule has 2 rings (SSSR count). The molecule has 0 fully saturated rings. The highest BCUT2D eigenvalue weighted by Crippen LogP contribution is 2.32. The molecule has 2 N–H and O–H groups in total. The second-order valence-electron chi connectivity index (χ2n) is 5.69.